The molecule has 3 N–H and O–H groups in total. The van der Waals surface area contributed by atoms with E-state index in [1.165, 1.54) is 0 Å². The minimum atomic E-state index is -0.661. The SMILES string of the molecule is Cc1cccnc1C(O)C(C)N. The lowest BCUT2D eigenvalue weighted by atomic mass is 10.1. The number of hydrogen-bond acceptors (Lipinski definition) is 3. The van der Waals surface area contributed by atoms with Gasteiger partial charge < -0.3 is 10.8 Å². The van der Waals surface area contributed by atoms with Crippen molar-refractivity contribution in [3.8, 4) is 0 Å². The maximum Gasteiger partial charge on any atom is 0.111 e. The number of nitrogens with zero attached hydrogens (tertiary/aromatic N) is 1. The first-order chi connectivity index (χ1) is 5.63. The van der Waals surface area contributed by atoms with Crippen LogP contribution in [0.3, 0.4) is 0 Å². The average molecular weight is 166 g/mol. The minimum Gasteiger partial charge on any atom is -0.385 e. The lowest BCUT2D eigenvalue weighted by Crippen LogP contribution is -2.25. The molecule has 0 radical (unpaired) electrons. The predicted molar refractivity (Wildman–Crippen MR) is 47.6 cm³/mol. The molecule has 1 heterocycles. The Morgan fingerprint density at radius 3 is 2.75 bits per heavy atom. The molecule has 0 aliphatic rings. The van der Waals surface area contributed by atoms with Crippen LogP contribution in [0.15, 0.2) is 18.3 Å². The van der Waals surface area contributed by atoms with E-state index in [1.54, 1.807) is 13.1 Å². The third kappa shape index (κ3) is 1.81. The van der Waals surface area contributed by atoms with Crippen LogP contribution in [0.1, 0.15) is 24.3 Å². The molecule has 0 saturated carbocycles. The lowest BCUT2D eigenvalue weighted by Gasteiger charge is -2.15. The number of hydrogen-bond donors (Lipinski definition) is 2. The largest absolute Gasteiger partial charge is 0.385 e. The molecule has 2 unspecified atom stereocenters. The standard InChI is InChI=1S/C9H14N2O/c1-6-4-3-5-11-8(6)9(12)7(2)10/h3-5,7,9,12H,10H2,1-2H3. The fraction of sp³-hybridized carbons (Fsp3) is 0.444. The van der Waals surface area contributed by atoms with Crippen molar-refractivity contribution in [2.45, 2.75) is 26.0 Å². The van der Waals surface area contributed by atoms with Crippen LogP contribution in [0.5, 0.6) is 0 Å². The van der Waals surface area contributed by atoms with Gasteiger partial charge in [0.2, 0.25) is 0 Å². The van der Waals surface area contributed by atoms with Gasteiger partial charge in [0.25, 0.3) is 0 Å². The second-order valence-electron chi connectivity index (χ2n) is 3.01. The molecule has 66 valence electrons. The van der Waals surface area contributed by atoms with Gasteiger partial charge in [0, 0.05) is 12.2 Å². The summed E-state index contributed by atoms with van der Waals surface area (Å²) in [5.74, 6) is 0. The van der Waals surface area contributed by atoms with Gasteiger partial charge in [0.05, 0.1) is 5.69 Å². The lowest BCUT2D eigenvalue weighted by molar-refractivity contribution is 0.148. The smallest absolute Gasteiger partial charge is 0.111 e. The molecule has 12 heavy (non-hydrogen) atoms. The van der Waals surface area contributed by atoms with Crippen LogP contribution in [-0.4, -0.2) is 16.1 Å². The first-order valence-electron chi connectivity index (χ1n) is 3.98. The summed E-state index contributed by atoms with van der Waals surface area (Å²) < 4.78 is 0. The quantitative estimate of drug-likeness (QED) is 0.682. The summed E-state index contributed by atoms with van der Waals surface area (Å²) >= 11 is 0. The third-order valence-electron chi connectivity index (χ3n) is 1.83. The van der Waals surface area contributed by atoms with E-state index in [1.807, 2.05) is 19.1 Å². The van der Waals surface area contributed by atoms with Crippen molar-refractivity contribution < 1.29 is 5.11 Å². The van der Waals surface area contributed by atoms with Crippen LogP contribution < -0.4 is 5.73 Å². The molecule has 0 aliphatic carbocycles. The van der Waals surface area contributed by atoms with E-state index in [2.05, 4.69) is 4.98 Å². The van der Waals surface area contributed by atoms with Crippen LogP contribution in [0.2, 0.25) is 0 Å². The fourth-order valence-corrected chi connectivity index (χ4v) is 1.06. The Labute approximate surface area is 72.2 Å². The van der Waals surface area contributed by atoms with Gasteiger partial charge in [-0.1, -0.05) is 6.07 Å². The second kappa shape index (κ2) is 3.65. The predicted octanol–water partition coefficient (Wildman–Crippen LogP) is 0.771. The topological polar surface area (TPSA) is 59.1 Å². The molecule has 0 fully saturated rings. The first-order valence-corrected chi connectivity index (χ1v) is 3.98. The van der Waals surface area contributed by atoms with Gasteiger partial charge in [-0.15, -0.1) is 0 Å². The van der Waals surface area contributed by atoms with Crippen LogP contribution in [-0.2, 0) is 0 Å². The van der Waals surface area contributed by atoms with E-state index in [4.69, 9.17) is 5.73 Å². The highest BCUT2D eigenvalue weighted by molar-refractivity contribution is 5.20. The zero-order chi connectivity index (χ0) is 9.14. The van der Waals surface area contributed by atoms with E-state index in [-0.39, 0.29) is 6.04 Å². The highest BCUT2D eigenvalue weighted by Crippen LogP contribution is 2.15. The molecule has 0 aromatic carbocycles. The minimum absolute atomic E-state index is 0.279. The number of aliphatic hydroxyl groups excluding tert-OH is 1. The molecule has 3 nitrogen and oxygen atoms in total. The molecular weight excluding hydrogens is 152 g/mol. The van der Waals surface area contributed by atoms with Gasteiger partial charge in [-0.05, 0) is 25.5 Å². The fourth-order valence-electron chi connectivity index (χ4n) is 1.06. The van der Waals surface area contributed by atoms with Crippen molar-refractivity contribution >= 4 is 0 Å². The van der Waals surface area contributed by atoms with Crippen LogP contribution >= 0.6 is 0 Å². The number of rotatable bonds is 2. The van der Waals surface area contributed by atoms with Crippen LogP contribution in [0.4, 0.5) is 0 Å². The average Bonchev–Trinajstić information content (AvgIpc) is 2.04. The molecule has 1 aromatic rings. The summed E-state index contributed by atoms with van der Waals surface area (Å²) in [6, 6.07) is 3.47. The summed E-state index contributed by atoms with van der Waals surface area (Å²) in [6.45, 7) is 3.67. The van der Waals surface area contributed by atoms with Crippen molar-refractivity contribution in [1.82, 2.24) is 4.98 Å². The molecule has 0 bridgehead atoms. The van der Waals surface area contributed by atoms with Gasteiger partial charge in [0.15, 0.2) is 0 Å². The molecule has 1 rings (SSSR count). The molecule has 0 spiro atoms. The van der Waals surface area contributed by atoms with Gasteiger partial charge in [-0.25, -0.2) is 0 Å². The van der Waals surface area contributed by atoms with Crippen molar-refractivity contribution in [1.29, 1.82) is 0 Å². The number of pyridine rings is 1. The summed E-state index contributed by atoms with van der Waals surface area (Å²) in [5.41, 5.74) is 7.19. The van der Waals surface area contributed by atoms with E-state index < -0.39 is 6.10 Å². The Morgan fingerprint density at radius 2 is 2.25 bits per heavy atom. The normalized spacial score (nSPS) is 15.7. The highest BCUT2D eigenvalue weighted by Gasteiger charge is 2.15. The van der Waals surface area contributed by atoms with E-state index in [9.17, 15) is 5.11 Å². The van der Waals surface area contributed by atoms with Crippen molar-refractivity contribution in [2.75, 3.05) is 0 Å². The maximum absolute atomic E-state index is 9.59. The van der Waals surface area contributed by atoms with Gasteiger partial charge in [-0.3, -0.25) is 4.98 Å². The molecule has 0 amide bonds. The van der Waals surface area contributed by atoms with Crippen molar-refractivity contribution in [3.63, 3.8) is 0 Å². The molecule has 3 heteroatoms. The Bertz CT molecular complexity index is 260. The van der Waals surface area contributed by atoms with Gasteiger partial charge in [-0.2, -0.15) is 0 Å². The summed E-state index contributed by atoms with van der Waals surface area (Å²) in [7, 11) is 0. The molecule has 0 saturated heterocycles. The Kier molecular flexibility index (Phi) is 2.78. The Balaban J connectivity index is 2.94. The van der Waals surface area contributed by atoms with Crippen LogP contribution in [0, 0.1) is 6.92 Å². The number of aliphatic hydroxyl groups is 1. The molecule has 2 atom stereocenters. The monoisotopic (exact) mass is 166 g/mol. The second-order valence-corrected chi connectivity index (χ2v) is 3.01. The Hall–Kier alpha value is -0.930. The zero-order valence-corrected chi connectivity index (χ0v) is 7.36. The van der Waals surface area contributed by atoms with E-state index in [0.717, 1.165) is 5.56 Å². The van der Waals surface area contributed by atoms with Crippen molar-refractivity contribution in [2.24, 2.45) is 5.73 Å². The third-order valence-corrected chi connectivity index (χ3v) is 1.83. The molecule has 1 aromatic heterocycles. The highest BCUT2D eigenvalue weighted by atomic mass is 16.3. The zero-order valence-electron chi connectivity index (χ0n) is 7.36. The summed E-state index contributed by atoms with van der Waals surface area (Å²) in [5, 5.41) is 9.59. The van der Waals surface area contributed by atoms with Gasteiger partial charge >= 0.3 is 0 Å². The Morgan fingerprint density at radius 1 is 1.58 bits per heavy atom. The summed E-state index contributed by atoms with van der Waals surface area (Å²) in [6.07, 6.45) is 1.000. The van der Waals surface area contributed by atoms with Gasteiger partial charge in [0.1, 0.15) is 6.10 Å². The van der Waals surface area contributed by atoms with E-state index in [0.29, 0.717) is 5.69 Å². The number of aryl methyl sites for hydroxylation is 1. The van der Waals surface area contributed by atoms with E-state index >= 15 is 0 Å². The summed E-state index contributed by atoms with van der Waals surface area (Å²) in [4.78, 5) is 4.07. The number of aromatic nitrogens is 1. The van der Waals surface area contributed by atoms with Crippen molar-refractivity contribution in [3.05, 3.63) is 29.6 Å². The first kappa shape index (κ1) is 9.16. The molecular formula is C9H14N2O. The number of nitrogens with two attached hydrogens (primary N) is 1. The molecule has 0 aliphatic heterocycles. The maximum atomic E-state index is 9.59. The van der Waals surface area contributed by atoms with Crippen LogP contribution in [0.25, 0.3) is 0 Å².